The van der Waals surface area contributed by atoms with Gasteiger partial charge in [0.1, 0.15) is 11.3 Å². The molecule has 0 fully saturated rings. The van der Waals surface area contributed by atoms with Crippen molar-refractivity contribution < 1.29 is 23.4 Å². The minimum atomic E-state index is -4.09. The molecule has 0 atom stereocenters. The predicted octanol–water partition coefficient (Wildman–Crippen LogP) is 3.08. The van der Waals surface area contributed by atoms with E-state index in [0.717, 1.165) is 12.1 Å². The maximum atomic E-state index is 12.9. The largest absolute Gasteiger partial charge is 0.507 e. The van der Waals surface area contributed by atoms with E-state index in [1.165, 1.54) is 18.7 Å². The van der Waals surface area contributed by atoms with Crippen LogP contribution in [-0.4, -0.2) is 34.2 Å². The van der Waals surface area contributed by atoms with Crippen LogP contribution < -0.4 is 4.72 Å². The van der Waals surface area contributed by atoms with Gasteiger partial charge in [-0.15, -0.1) is 0 Å². The highest BCUT2D eigenvalue weighted by Crippen LogP contribution is 2.34. The highest BCUT2D eigenvalue weighted by Gasteiger charge is 2.23. The number of hydrogen-bond donors (Lipinski definition) is 3. The zero-order chi connectivity index (χ0) is 20.5. The predicted molar refractivity (Wildman–Crippen MR) is 104 cm³/mol. The van der Waals surface area contributed by atoms with Crippen molar-refractivity contribution in [2.45, 2.75) is 21.9 Å². The van der Waals surface area contributed by atoms with E-state index >= 15 is 0 Å². The summed E-state index contributed by atoms with van der Waals surface area (Å²) < 4.78 is 30.1. The quantitative estimate of drug-likeness (QED) is 0.561. The lowest BCUT2D eigenvalue weighted by Crippen LogP contribution is -2.16. The van der Waals surface area contributed by atoms with E-state index < -0.39 is 27.3 Å². The van der Waals surface area contributed by atoms with Crippen molar-refractivity contribution in [2.75, 3.05) is 4.72 Å². The van der Waals surface area contributed by atoms with Crippen molar-refractivity contribution >= 4 is 33.4 Å². The molecule has 146 valence electrons. The van der Waals surface area contributed by atoms with Crippen molar-refractivity contribution in [2.24, 2.45) is 7.05 Å². The molecule has 0 aliphatic heterocycles. The Morgan fingerprint density at radius 3 is 2.61 bits per heavy atom. The van der Waals surface area contributed by atoms with Crippen molar-refractivity contribution in [3.63, 3.8) is 0 Å². The van der Waals surface area contributed by atoms with Crippen LogP contribution in [0.25, 0.3) is 0 Å². The van der Waals surface area contributed by atoms with E-state index in [2.05, 4.69) is 9.71 Å². The Hall–Kier alpha value is -2.98. The summed E-state index contributed by atoms with van der Waals surface area (Å²) in [6, 6.07) is 8.89. The monoisotopic (exact) mass is 419 g/mol. The number of benzene rings is 2. The molecule has 1 heterocycles. The van der Waals surface area contributed by atoms with Crippen LogP contribution in [0.2, 0.25) is 0 Å². The van der Waals surface area contributed by atoms with Gasteiger partial charge in [-0.3, -0.25) is 4.72 Å². The third-order valence-electron chi connectivity index (χ3n) is 3.92. The first-order chi connectivity index (χ1) is 13.2. The fraction of sp³-hybridized carbons (Fsp3) is 0.111. The summed E-state index contributed by atoms with van der Waals surface area (Å²) in [4.78, 5) is 15.9. The number of rotatable bonds is 6. The molecule has 0 spiro atoms. The van der Waals surface area contributed by atoms with Gasteiger partial charge in [0.2, 0.25) is 0 Å². The van der Waals surface area contributed by atoms with Crippen LogP contribution in [0, 0.1) is 6.92 Å². The first-order valence-electron chi connectivity index (χ1n) is 8.03. The number of aromatic carboxylic acids is 1. The number of aromatic nitrogens is 2. The molecular formula is C18H17N3O5S2. The zero-order valence-corrected chi connectivity index (χ0v) is 16.6. The summed E-state index contributed by atoms with van der Waals surface area (Å²) in [5, 5.41) is 19.6. The third-order valence-corrected chi connectivity index (χ3v) is 6.58. The van der Waals surface area contributed by atoms with Gasteiger partial charge in [0.15, 0.2) is 5.16 Å². The summed E-state index contributed by atoms with van der Waals surface area (Å²) >= 11 is 1.29. The molecule has 0 bridgehead atoms. The van der Waals surface area contributed by atoms with E-state index in [-0.39, 0.29) is 10.5 Å². The van der Waals surface area contributed by atoms with Crippen LogP contribution in [0.1, 0.15) is 15.9 Å². The molecule has 0 unspecified atom stereocenters. The van der Waals surface area contributed by atoms with Crippen molar-refractivity contribution in [1.29, 1.82) is 0 Å². The molecular weight excluding hydrogens is 402 g/mol. The Morgan fingerprint density at radius 1 is 1.25 bits per heavy atom. The maximum Gasteiger partial charge on any atom is 0.339 e. The average Bonchev–Trinajstić information content (AvgIpc) is 3.00. The lowest BCUT2D eigenvalue weighted by atomic mass is 10.1. The highest BCUT2D eigenvalue weighted by atomic mass is 32.2. The van der Waals surface area contributed by atoms with Crippen LogP contribution in [0.15, 0.2) is 63.7 Å². The molecule has 3 aromatic rings. The first-order valence-corrected chi connectivity index (χ1v) is 10.3. The Balaban J connectivity index is 1.99. The number of phenols is 1. The summed E-state index contributed by atoms with van der Waals surface area (Å²) in [6.07, 6.45) is 3.42. The van der Waals surface area contributed by atoms with Crippen molar-refractivity contribution in [1.82, 2.24) is 9.55 Å². The summed E-state index contributed by atoms with van der Waals surface area (Å²) in [7, 11) is -2.26. The number of carboxylic acid groups (broad SMARTS) is 1. The van der Waals surface area contributed by atoms with E-state index in [1.54, 1.807) is 41.2 Å². The molecule has 0 saturated carbocycles. The molecule has 3 rings (SSSR count). The average molecular weight is 419 g/mol. The van der Waals surface area contributed by atoms with Gasteiger partial charge in [0.05, 0.1) is 10.6 Å². The number of imidazole rings is 1. The standard InChI is InChI=1S/C18H17N3O5S2/c1-11-9-14(22)12(17(23)24)10-16(11)28(25,26)20-13-5-3-4-6-15(13)27-18-19-7-8-21(18)2/h3-10,20,22H,1-2H3,(H,23,24). The topological polar surface area (TPSA) is 122 Å². The van der Waals surface area contributed by atoms with Gasteiger partial charge < -0.3 is 14.8 Å². The lowest BCUT2D eigenvalue weighted by molar-refractivity contribution is 0.0693. The SMILES string of the molecule is Cc1cc(O)c(C(=O)O)cc1S(=O)(=O)Nc1ccccc1Sc1nccn1C. The Labute approximate surface area is 165 Å². The molecule has 0 aliphatic carbocycles. The van der Waals surface area contributed by atoms with Gasteiger partial charge in [-0.2, -0.15) is 0 Å². The smallest absolute Gasteiger partial charge is 0.339 e. The molecule has 2 aromatic carbocycles. The zero-order valence-electron chi connectivity index (χ0n) is 14.9. The molecule has 1 aromatic heterocycles. The second-order valence-corrected chi connectivity index (χ2v) is 8.62. The van der Waals surface area contributed by atoms with Gasteiger partial charge in [0.25, 0.3) is 10.0 Å². The first kappa shape index (κ1) is 19.8. The number of hydrogen-bond acceptors (Lipinski definition) is 6. The normalized spacial score (nSPS) is 11.4. The van der Waals surface area contributed by atoms with Crippen molar-refractivity contribution in [3.05, 3.63) is 59.9 Å². The van der Waals surface area contributed by atoms with E-state index in [9.17, 15) is 18.3 Å². The number of anilines is 1. The molecule has 8 nitrogen and oxygen atoms in total. The number of nitrogens with zero attached hydrogens (tertiary/aromatic N) is 2. The lowest BCUT2D eigenvalue weighted by Gasteiger charge is -2.14. The fourth-order valence-electron chi connectivity index (χ4n) is 2.52. The fourth-order valence-corrected chi connectivity index (χ4v) is 4.81. The Morgan fingerprint density at radius 2 is 1.96 bits per heavy atom. The highest BCUT2D eigenvalue weighted by molar-refractivity contribution is 7.99. The van der Waals surface area contributed by atoms with Crippen LogP contribution in [0.5, 0.6) is 5.75 Å². The van der Waals surface area contributed by atoms with Gasteiger partial charge in [0, 0.05) is 24.3 Å². The Bertz CT molecular complexity index is 1160. The second kappa shape index (κ2) is 7.56. The number of aromatic hydroxyl groups is 1. The number of sulfonamides is 1. The summed E-state index contributed by atoms with van der Waals surface area (Å²) in [6.45, 7) is 1.48. The van der Waals surface area contributed by atoms with Crippen LogP contribution >= 0.6 is 11.8 Å². The second-order valence-electron chi connectivity index (χ2n) is 5.96. The van der Waals surface area contributed by atoms with E-state index in [4.69, 9.17) is 5.11 Å². The van der Waals surface area contributed by atoms with Crippen LogP contribution in [0.3, 0.4) is 0 Å². The molecule has 10 heteroatoms. The molecule has 28 heavy (non-hydrogen) atoms. The molecule has 0 aliphatic rings. The number of aryl methyl sites for hydroxylation is 2. The number of nitrogens with one attached hydrogen (secondary N) is 1. The minimum absolute atomic E-state index is 0.223. The van der Waals surface area contributed by atoms with E-state index in [1.807, 2.05) is 7.05 Å². The van der Waals surface area contributed by atoms with Gasteiger partial charge in [-0.1, -0.05) is 12.1 Å². The molecule has 0 saturated heterocycles. The molecule has 0 radical (unpaired) electrons. The number of carbonyl (C=O) groups is 1. The van der Waals surface area contributed by atoms with Crippen LogP contribution in [-0.2, 0) is 17.1 Å². The number of para-hydroxylation sites is 1. The van der Waals surface area contributed by atoms with Gasteiger partial charge >= 0.3 is 5.97 Å². The van der Waals surface area contributed by atoms with Crippen molar-refractivity contribution in [3.8, 4) is 5.75 Å². The summed E-state index contributed by atoms with van der Waals surface area (Å²) in [5.41, 5.74) is 0.0748. The summed E-state index contributed by atoms with van der Waals surface area (Å²) in [5.74, 6) is -1.91. The maximum absolute atomic E-state index is 12.9. The van der Waals surface area contributed by atoms with Gasteiger partial charge in [-0.05, 0) is 48.5 Å². The van der Waals surface area contributed by atoms with Crippen LogP contribution in [0.4, 0.5) is 5.69 Å². The number of carboxylic acids is 1. The Kier molecular flexibility index (Phi) is 5.34. The molecule has 3 N–H and O–H groups in total. The van der Waals surface area contributed by atoms with Gasteiger partial charge in [-0.25, -0.2) is 18.2 Å². The minimum Gasteiger partial charge on any atom is -0.507 e. The van der Waals surface area contributed by atoms with E-state index in [0.29, 0.717) is 15.7 Å². The third kappa shape index (κ3) is 3.97. The molecule has 0 amide bonds.